The summed E-state index contributed by atoms with van der Waals surface area (Å²) in [6.45, 7) is 10.5. The number of Topliss-reactive ketones (excluding diaryl/α,β-unsaturated/α-hetero) is 1. The molecule has 2 aliphatic rings. The highest BCUT2D eigenvalue weighted by Crippen LogP contribution is 2.63. The number of hydrazone groups is 1. The van der Waals surface area contributed by atoms with Crippen LogP contribution in [0.15, 0.2) is 5.10 Å². The average molecular weight is 305 g/mol. The topological polar surface area (TPSA) is 54.4 Å². The van der Waals surface area contributed by atoms with E-state index in [1.165, 1.54) is 29.9 Å². The number of nitrogens with zero attached hydrogens (tertiary/aromatic N) is 2. The van der Waals surface area contributed by atoms with E-state index in [0.717, 1.165) is 28.0 Å². The Morgan fingerprint density at radius 3 is 2.62 bits per heavy atom. The number of hydrogen-bond acceptors (Lipinski definition) is 5. The van der Waals surface area contributed by atoms with Gasteiger partial charge in [0.15, 0.2) is 5.78 Å². The van der Waals surface area contributed by atoms with Gasteiger partial charge in [0.2, 0.25) is 5.13 Å². The Morgan fingerprint density at radius 2 is 2.14 bits per heavy atom. The van der Waals surface area contributed by atoms with Crippen molar-refractivity contribution >= 4 is 28.0 Å². The lowest BCUT2D eigenvalue weighted by atomic mass is 9.70. The van der Waals surface area contributed by atoms with Crippen molar-refractivity contribution in [3.8, 4) is 0 Å². The first kappa shape index (κ1) is 14.7. The predicted octanol–water partition coefficient (Wildman–Crippen LogP) is 4.27. The van der Waals surface area contributed by atoms with Crippen molar-refractivity contribution in [2.24, 2.45) is 21.8 Å². The maximum Gasteiger partial charge on any atom is 0.204 e. The van der Waals surface area contributed by atoms with Crippen LogP contribution in [0.2, 0.25) is 0 Å². The molecule has 0 spiro atoms. The van der Waals surface area contributed by atoms with Crippen LogP contribution in [0.4, 0.5) is 5.13 Å². The van der Waals surface area contributed by atoms with Gasteiger partial charge in [0, 0.05) is 18.1 Å². The molecule has 3 rings (SSSR count). The number of ketones is 1. The molecule has 2 bridgehead atoms. The van der Waals surface area contributed by atoms with Crippen LogP contribution < -0.4 is 5.43 Å². The van der Waals surface area contributed by atoms with Crippen molar-refractivity contribution in [3.63, 3.8) is 0 Å². The Morgan fingerprint density at radius 1 is 1.43 bits per heavy atom. The second-order valence-corrected chi connectivity index (χ2v) is 8.15. The SMILES string of the molecule is CC(=O)c1sc(N/N=C2\C[C@@H]3CC[C@]2(C)C3(C)C)nc1C. The zero-order chi connectivity index (χ0) is 15.4. The van der Waals surface area contributed by atoms with Crippen molar-refractivity contribution in [2.45, 2.75) is 53.9 Å². The number of fused-ring (bicyclic) bond motifs is 2. The lowest BCUT2D eigenvalue weighted by Crippen LogP contribution is -2.32. The molecule has 5 heteroatoms. The maximum absolute atomic E-state index is 11.5. The fourth-order valence-electron chi connectivity index (χ4n) is 3.98. The van der Waals surface area contributed by atoms with Crippen molar-refractivity contribution in [1.82, 2.24) is 4.98 Å². The van der Waals surface area contributed by atoms with Crippen molar-refractivity contribution in [3.05, 3.63) is 10.6 Å². The van der Waals surface area contributed by atoms with E-state index in [0.29, 0.717) is 5.41 Å². The fraction of sp³-hybridized carbons (Fsp3) is 0.688. The molecule has 114 valence electrons. The van der Waals surface area contributed by atoms with E-state index >= 15 is 0 Å². The Labute approximate surface area is 130 Å². The van der Waals surface area contributed by atoms with E-state index in [-0.39, 0.29) is 11.2 Å². The number of hydrogen-bond donors (Lipinski definition) is 1. The summed E-state index contributed by atoms with van der Waals surface area (Å²) in [5.41, 5.74) is 5.67. The van der Waals surface area contributed by atoms with Gasteiger partial charge in [0.1, 0.15) is 0 Å². The number of rotatable bonds is 3. The minimum Gasteiger partial charge on any atom is -0.294 e. The van der Waals surface area contributed by atoms with Crippen molar-refractivity contribution < 1.29 is 4.79 Å². The number of thiazole rings is 1. The molecule has 2 atom stereocenters. The molecule has 2 aliphatic carbocycles. The van der Waals surface area contributed by atoms with Crippen LogP contribution in [-0.4, -0.2) is 16.5 Å². The van der Waals surface area contributed by atoms with Gasteiger partial charge < -0.3 is 0 Å². The molecule has 2 fully saturated rings. The zero-order valence-corrected chi connectivity index (χ0v) is 14.2. The highest BCUT2D eigenvalue weighted by molar-refractivity contribution is 7.17. The first-order valence-electron chi connectivity index (χ1n) is 7.57. The highest BCUT2D eigenvalue weighted by atomic mass is 32.1. The molecule has 2 saturated carbocycles. The summed E-state index contributed by atoms with van der Waals surface area (Å²) < 4.78 is 0. The first-order chi connectivity index (χ1) is 9.75. The molecule has 1 heterocycles. The van der Waals surface area contributed by atoms with E-state index in [2.05, 4.69) is 36.3 Å². The number of carbonyl (C=O) groups excluding carboxylic acids is 1. The monoisotopic (exact) mass is 305 g/mol. The molecule has 21 heavy (non-hydrogen) atoms. The quantitative estimate of drug-likeness (QED) is 0.670. The van der Waals surface area contributed by atoms with Gasteiger partial charge in [0.05, 0.1) is 10.6 Å². The molecule has 0 radical (unpaired) electrons. The van der Waals surface area contributed by atoms with Crippen molar-refractivity contribution in [1.29, 1.82) is 0 Å². The number of nitrogens with one attached hydrogen (secondary N) is 1. The van der Waals surface area contributed by atoms with E-state index in [9.17, 15) is 4.79 Å². The van der Waals surface area contributed by atoms with Crippen LogP contribution >= 0.6 is 11.3 Å². The second-order valence-electron chi connectivity index (χ2n) is 7.15. The lowest BCUT2D eigenvalue weighted by Gasteiger charge is -2.34. The van der Waals surface area contributed by atoms with Gasteiger partial charge in [0.25, 0.3) is 0 Å². The third-order valence-electron chi connectivity index (χ3n) is 5.92. The van der Waals surface area contributed by atoms with E-state index in [1.807, 2.05) is 6.92 Å². The highest BCUT2D eigenvalue weighted by Gasteiger charge is 2.59. The van der Waals surface area contributed by atoms with Crippen LogP contribution in [0.3, 0.4) is 0 Å². The largest absolute Gasteiger partial charge is 0.294 e. The van der Waals surface area contributed by atoms with E-state index < -0.39 is 0 Å². The van der Waals surface area contributed by atoms with Crippen LogP contribution in [-0.2, 0) is 0 Å². The predicted molar refractivity (Wildman–Crippen MR) is 87.1 cm³/mol. The zero-order valence-electron chi connectivity index (χ0n) is 13.4. The normalized spacial score (nSPS) is 31.9. The van der Waals surface area contributed by atoms with Gasteiger partial charge in [-0.05, 0) is 37.5 Å². The Kier molecular flexibility index (Phi) is 3.24. The Balaban J connectivity index is 1.82. The van der Waals surface area contributed by atoms with Gasteiger partial charge in [-0.3, -0.25) is 10.2 Å². The third kappa shape index (κ3) is 2.05. The molecular weight excluding hydrogens is 282 g/mol. The van der Waals surface area contributed by atoms with Gasteiger partial charge in [-0.25, -0.2) is 4.98 Å². The van der Waals surface area contributed by atoms with Crippen LogP contribution in [0.5, 0.6) is 0 Å². The second kappa shape index (κ2) is 4.63. The van der Waals surface area contributed by atoms with Crippen LogP contribution in [0.1, 0.15) is 62.3 Å². The summed E-state index contributed by atoms with van der Waals surface area (Å²) in [5.74, 6) is 0.813. The van der Waals surface area contributed by atoms with Crippen molar-refractivity contribution in [2.75, 3.05) is 5.43 Å². The summed E-state index contributed by atoms with van der Waals surface area (Å²) in [5, 5.41) is 5.38. The van der Waals surface area contributed by atoms with Gasteiger partial charge in [-0.1, -0.05) is 32.1 Å². The number of aryl methyl sites for hydroxylation is 1. The number of anilines is 1. The van der Waals surface area contributed by atoms with Gasteiger partial charge in [-0.2, -0.15) is 5.10 Å². The number of carbonyl (C=O) groups is 1. The molecule has 0 unspecified atom stereocenters. The third-order valence-corrected chi connectivity index (χ3v) is 7.08. The fourth-order valence-corrected chi connectivity index (χ4v) is 4.79. The molecule has 0 aliphatic heterocycles. The summed E-state index contributed by atoms with van der Waals surface area (Å²) in [6.07, 6.45) is 3.62. The van der Waals surface area contributed by atoms with E-state index in [4.69, 9.17) is 0 Å². The molecule has 1 aromatic heterocycles. The lowest BCUT2D eigenvalue weighted by molar-refractivity contribution is 0.102. The summed E-state index contributed by atoms with van der Waals surface area (Å²) in [7, 11) is 0. The standard InChI is InChI=1S/C16H23N3OS/c1-9-13(10(2)20)21-14(17-9)19-18-12-8-11-6-7-16(12,5)15(11,3)4/h11H,6-8H2,1-5H3,(H,17,19)/b18-12+/t11-,16-/m0/s1. The average Bonchev–Trinajstić information content (AvgIpc) is 2.93. The van der Waals surface area contributed by atoms with Crippen LogP contribution in [0.25, 0.3) is 0 Å². The molecule has 0 saturated heterocycles. The minimum absolute atomic E-state index is 0.0683. The Hall–Kier alpha value is -1.23. The molecule has 0 amide bonds. The molecule has 0 aromatic carbocycles. The summed E-state index contributed by atoms with van der Waals surface area (Å²) in [6, 6.07) is 0. The minimum atomic E-state index is 0.0683. The Bertz CT molecular complexity index is 631. The van der Waals surface area contributed by atoms with Crippen LogP contribution in [0, 0.1) is 23.7 Å². The van der Waals surface area contributed by atoms with Gasteiger partial charge in [-0.15, -0.1) is 0 Å². The van der Waals surface area contributed by atoms with E-state index in [1.54, 1.807) is 6.92 Å². The molecule has 4 nitrogen and oxygen atoms in total. The summed E-state index contributed by atoms with van der Waals surface area (Å²) in [4.78, 5) is 16.6. The molecule has 1 aromatic rings. The molecular formula is C16H23N3OS. The smallest absolute Gasteiger partial charge is 0.204 e. The van der Waals surface area contributed by atoms with Gasteiger partial charge >= 0.3 is 0 Å². The first-order valence-corrected chi connectivity index (χ1v) is 8.39. The maximum atomic E-state index is 11.5. The summed E-state index contributed by atoms with van der Waals surface area (Å²) >= 11 is 1.39. The molecule has 1 N–H and O–H groups in total. The number of aromatic nitrogens is 1.